The van der Waals surface area contributed by atoms with E-state index >= 15 is 0 Å². The van der Waals surface area contributed by atoms with Gasteiger partial charge in [0.2, 0.25) is 0 Å². The Bertz CT molecular complexity index is 698. The van der Waals surface area contributed by atoms with Crippen LogP contribution in [-0.4, -0.2) is 10.1 Å². The van der Waals surface area contributed by atoms with Crippen LogP contribution in [0.2, 0.25) is 0 Å². The molecule has 1 aromatic heterocycles. The maximum Gasteiger partial charge on any atom is 0.128 e. The molecule has 0 amide bonds. The number of fused-ring (bicyclic) bond motifs is 1. The lowest BCUT2D eigenvalue weighted by molar-refractivity contribution is 0.302. The molecule has 0 unspecified atom stereocenters. The van der Waals surface area contributed by atoms with E-state index in [9.17, 15) is 5.11 Å². The van der Waals surface area contributed by atoms with Crippen molar-refractivity contribution in [2.24, 2.45) is 0 Å². The molecule has 0 aliphatic rings. The summed E-state index contributed by atoms with van der Waals surface area (Å²) in [5.41, 5.74) is 3.42. The second-order valence-corrected chi connectivity index (χ2v) is 4.61. The summed E-state index contributed by atoms with van der Waals surface area (Å²) in [6.07, 6.45) is 0. The number of H-pyrrole nitrogens is 1. The van der Waals surface area contributed by atoms with Crippen molar-refractivity contribution in [1.29, 1.82) is 0 Å². The Balaban J connectivity index is 1.78. The van der Waals surface area contributed by atoms with Crippen LogP contribution in [0.1, 0.15) is 11.3 Å². The minimum absolute atomic E-state index is 0.244. The van der Waals surface area contributed by atoms with Crippen LogP contribution in [0.4, 0.5) is 0 Å². The molecule has 3 nitrogen and oxygen atoms in total. The molecule has 0 fully saturated rings. The smallest absolute Gasteiger partial charge is 0.128 e. The van der Waals surface area contributed by atoms with E-state index in [1.807, 2.05) is 6.07 Å². The first kappa shape index (κ1) is 11.7. The molecule has 2 N–H and O–H groups in total. The monoisotopic (exact) mass is 253 g/mol. The normalized spacial score (nSPS) is 10.8. The van der Waals surface area contributed by atoms with Gasteiger partial charge < -0.3 is 14.8 Å². The van der Waals surface area contributed by atoms with Gasteiger partial charge in [-0.05, 0) is 48.9 Å². The summed E-state index contributed by atoms with van der Waals surface area (Å²) in [5.74, 6) is 0.988. The summed E-state index contributed by atoms with van der Waals surface area (Å²) in [4.78, 5) is 3.34. The van der Waals surface area contributed by atoms with Gasteiger partial charge in [-0.1, -0.05) is 12.1 Å². The molecule has 0 spiro atoms. The number of rotatable bonds is 3. The number of aryl methyl sites for hydroxylation is 1. The van der Waals surface area contributed by atoms with E-state index in [2.05, 4.69) is 30.1 Å². The Hall–Kier alpha value is -2.42. The van der Waals surface area contributed by atoms with Gasteiger partial charge in [0.25, 0.3) is 0 Å². The fourth-order valence-corrected chi connectivity index (χ4v) is 2.15. The third-order valence-corrected chi connectivity index (χ3v) is 3.17. The van der Waals surface area contributed by atoms with E-state index in [-0.39, 0.29) is 5.75 Å². The maximum absolute atomic E-state index is 9.21. The van der Waals surface area contributed by atoms with Gasteiger partial charge in [0.05, 0.1) is 5.69 Å². The minimum Gasteiger partial charge on any atom is -0.508 e. The number of benzene rings is 2. The van der Waals surface area contributed by atoms with Crippen molar-refractivity contribution in [3.8, 4) is 11.5 Å². The second-order valence-electron chi connectivity index (χ2n) is 4.61. The Kier molecular flexibility index (Phi) is 2.88. The van der Waals surface area contributed by atoms with Crippen LogP contribution < -0.4 is 4.74 Å². The van der Waals surface area contributed by atoms with E-state index in [0.717, 1.165) is 17.0 Å². The summed E-state index contributed by atoms with van der Waals surface area (Å²) < 4.78 is 5.67. The number of ether oxygens (including phenoxy) is 1. The Morgan fingerprint density at radius 2 is 1.89 bits per heavy atom. The van der Waals surface area contributed by atoms with Gasteiger partial charge in [0.15, 0.2) is 0 Å². The van der Waals surface area contributed by atoms with Gasteiger partial charge in [-0.3, -0.25) is 0 Å². The summed E-state index contributed by atoms with van der Waals surface area (Å²) in [6, 6.07) is 15.1. The topological polar surface area (TPSA) is 45.2 Å². The average molecular weight is 253 g/mol. The van der Waals surface area contributed by atoms with Crippen LogP contribution in [0.5, 0.6) is 11.5 Å². The highest BCUT2D eigenvalue weighted by atomic mass is 16.5. The number of phenols is 1. The fourth-order valence-electron chi connectivity index (χ4n) is 2.15. The van der Waals surface area contributed by atoms with Gasteiger partial charge in [-0.25, -0.2) is 0 Å². The molecule has 0 radical (unpaired) electrons. The van der Waals surface area contributed by atoms with Crippen molar-refractivity contribution in [1.82, 2.24) is 4.98 Å². The Labute approximate surface area is 111 Å². The van der Waals surface area contributed by atoms with Crippen LogP contribution in [-0.2, 0) is 6.61 Å². The second kappa shape index (κ2) is 4.69. The molecule has 2 aromatic carbocycles. The minimum atomic E-state index is 0.244. The van der Waals surface area contributed by atoms with E-state index < -0.39 is 0 Å². The zero-order valence-electron chi connectivity index (χ0n) is 10.7. The lowest BCUT2D eigenvalue weighted by atomic mass is 10.1. The van der Waals surface area contributed by atoms with Crippen LogP contribution in [0.3, 0.4) is 0 Å². The van der Waals surface area contributed by atoms with Crippen molar-refractivity contribution in [2.75, 3.05) is 0 Å². The molecule has 3 aromatic rings. The molecule has 3 heteroatoms. The van der Waals surface area contributed by atoms with E-state index in [4.69, 9.17) is 4.74 Å². The average Bonchev–Trinajstić information content (AvgIpc) is 2.83. The van der Waals surface area contributed by atoms with Gasteiger partial charge in [0, 0.05) is 10.9 Å². The SMILES string of the molecule is Cc1cccc2[nH]c(COc3ccc(O)cc3)cc12. The van der Waals surface area contributed by atoms with Gasteiger partial charge in [0.1, 0.15) is 18.1 Å². The fraction of sp³-hybridized carbons (Fsp3) is 0.125. The predicted octanol–water partition coefficient (Wildman–Crippen LogP) is 3.76. The Morgan fingerprint density at radius 3 is 2.63 bits per heavy atom. The van der Waals surface area contributed by atoms with Crippen LogP contribution in [0.25, 0.3) is 10.9 Å². The van der Waals surface area contributed by atoms with Crippen molar-refractivity contribution in [2.45, 2.75) is 13.5 Å². The zero-order valence-corrected chi connectivity index (χ0v) is 10.7. The molecular weight excluding hydrogens is 238 g/mol. The highest BCUT2D eigenvalue weighted by Gasteiger charge is 2.03. The number of hydrogen-bond donors (Lipinski definition) is 2. The number of nitrogens with one attached hydrogen (secondary N) is 1. The van der Waals surface area contributed by atoms with Gasteiger partial charge in [-0.15, -0.1) is 0 Å². The van der Waals surface area contributed by atoms with Crippen LogP contribution in [0.15, 0.2) is 48.5 Å². The maximum atomic E-state index is 9.21. The third kappa shape index (κ3) is 2.40. The molecule has 0 saturated carbocycles. The lowest BCUT2D eigenvalue weighted by Gasteiger charge is -2.04. The standard InChI is InChI=1S/C16H15NO2/c1-11-3-2-4-16-15(11)9-12(17-16)10-19-14-7-5-13(18)6-8-14/h2-9,17-18H,10H2,1H3. The lowest BCUT2D eigenvalue weighted by Crippen LogP contribution is -1.94. The molecule has 0 bridgehead atoms. The number of phenolic OH excluding ortho intramolecular Hbond substituents is 1. The first-order valence-electron chi connectivity index (χ1n) is 6.21. The van der Waals surface area contributed by atoms with Crippen LogP contribution in [0, 0.1) is 6.92 Å². The summed E-state index contributed by atoms with van der Waals surface area (Å²) in [6.45, 7) is 2.58. The number of aromatic hydroxyl groups is 1. The third-order valence-electron chi connectivity index (χ3n) is 3.17. The molecule has 1 heterocycles. The number of aromatic amines is 1. The zero-order chi connectivity index (χ0) is 13.2. The molecule has 0 aliphatic carbocycles. The Morgan fingerprint density at radius 1 is 1.11 bits per heavy atom. The molecular formula is C16H15NO2. The van der Waals surface area contributed by atoms with Crippen molar-refractivity contribution in [3.63, 3.8) is 0 Å². The van der Waals surface area contributed by atoms with Crippen molar-refractivity contribution in [3.05, 3.63) is 59.8 Å². The van der Waals surface area contributed by atoms with Gasteiger partial charge in [-0.2, -0.15) is 0 Å². The quantitative estimate of drug-likeness (QED) is 0.746. The molecule has 0 atom stereocenters. The van der Waals surface area contributed by atoms with E-state index in [1.165, 1.54) is 10.9 Å². The highest BCUT2D eigenvalue weighted by molar-refractivity contribution is 5.83. The molecule has 3 rings (SSSR count). The molecule has 96 valence electrons. The van der Waals surface area contributed by atoms with Crippen molar-refractivity contribution >= 4 is 10.9 Å². The summed E-state index contributed by atoms with van der Waals surface area (Å²) in [7, 11) is 0. The summed E-state index contributed by atoms with van der Waals surface area (Å²) >= 11 is 0. The predicted molar refractivity (Wildman–Crippen MR) is 75.5 cm³/mol. The van der Waals surface area contributed by atoms with E-state index in [1.54, 1.807) is 24.3 Å². The van der Waals surface area contributed by atoms with E-state index in [0.29, 0.717) is 6.61 Å². The molecule has 0 saturated heterocycles. The molecule has 0 aliphatic heterocycles. The largest absolute Gasteiger partial charge is 0.508 e. The van der Waals surface area contributed by atoms with Crippen LogP contribution >= 0.6 is 0 Å². The van der Waals surface area contributed by atoms with Crippen molar-refractivity contribution < 1.29 is 9.84 Å². The number of aromatic nitrogens is 1. The first-order chi connectivity index (χ1) is 9.22. The highest BCUT2D eigenvalue weighted by Crippen LogP contribution is 2.21. The first-order valence-corrected chi connectivity index (χ1v) is 6.21. The number of hydrogen-bond acceptors (Lipinski definition) is 2. The van der Waals surface area contributed by atoms with Gasteiger partial charge >= 0.3 is 0 Å². The summed E-state index contributed by atoms with van der Waals surface area (Å²) in [5, 5.41) is 10.4. The molecule has 19 heavy (non-hydrogen) atoms.